The third-order valence-corrected chi connectivity index (χ3v) is 5.20. The van der Waals surface area contributed by atoms with E-state index in [1.54, 1.807) is 0 Å². The third-order valence-electron chi connectivity index (χ3n) is 3.90. The Morgan fingerprint density at radius 3 is 2.50 bits per heavy atom. The number of rotatable bonds is 5. The Hall–Kier alpha value is -2.20. The first-order valence-electron chi connectivity index (χ1n) is 7.31. The Morgan fingerprint density at radius 1 is 1.38 bits per heavy atom. The van der Waals surface area contributed by atoms with Gasteiger partial charge in [0.25, 0.3) is 11.6 Å². The molecule has 1 N–H and O–H groups in total. The van der Waals surface area contributed by atoms with E-state index >= 15 is 0 Å². The lowest BCUT2D eigenvalue weighted by Crippen LogP contribution is -2.46. The van der Waals surface area contributed by atoms with Crippen LogP contribution in [0.15, 0.2) is 18.2 Å². The molecule has 1 amide bonds. The van der Waals surface area contributed by atoms with Crippen LogP contribution in [0, 0.1) is 10.1 Å². The molecule has 1 heterocycles. The van der Waals surface area contributed by atoms with Crippen LogP contribution in [0.25, 0.3) is 0 Å². The van der Waals surface area contributed by atoms with Gasteiger partial charge in [-0.25, -0.2) is 12.7 Å². The van der Waals surface area contributed by atoms with Crippen molar-refractivity contribution < 1.29 is 22.9 Å². The quantitative estimate of drug-likeness (QED) is 0.614. The SMILES string of the molecule is COc1ccc([N+](=O)[O-])cc1C(=O)NC1CCN(S(C)(=O)=O)CC1. The Morgan fingerprint density at radius 2 is 2.00 bits per heavy atom. The van der Waals surface area contributed by atoms with Gasteiger partial charge in [0, 0.05) is 31.3 Å². The number of non-ortho nitro benzene ring substituents is 1. The Bertz CT molecular complexity index is 741. The molecule has 0 aliphatic carbocycles. The van der Waals surface area contributed by atoms with Crippen molar-refractivity contribution >= 4 is 21.6 Å². The van der Waals surface area contributed by atoms with Crippen LogP contribution in [0.4, 0.5) is 5.69 Å². The summed E-state index contributed by atoms with van der Waals surface area (Å²) in [6.07, 6.45) is 2.12. The summed E-state index contributed by atoms with van der Waals surface area (Å²) in [6.45, 7) is 0.658. The average Bonchev–Trinajstić information content (AvgIpc) is 2.53. The highest BCUT2D eigenvalue weighted by Gasteiger charge is 2.27. The number of hydrogen-bond acceptors (Lipinski definition) is 6. The highest BCUT2D eigenvalue weighted by Crippen LogP contribution is 2.24. The zero-order chi connectivity index (χ0) is 17.9. The maximum Gasteiger partial charge on any atom is 0.270 e. The molecule has 1 aliphatic rings. The molecule has 1 aromatic carbocycles. The van der Waals surface area contributed by atoms with Crippen LogP contribution in [0.1, 0.15) is 23.2 Å². The van der Waals surface area contributed by atoms with Gasteiger partial charge < -0.3 is 10.1 Å². The summed E-state index contributed by atoms with van der Waals surface area (Å²) in [5.41, 5.74) is -0.120. The summed E-state index contributed by atoms with van der Waals surface area (Å²) in [4.78, 5) is 22.7. The highest BCUT2D eigenvalue weighted by atomic mass is 32.2. The second kappa shape index (κ2) is 7.14. The number of methoxy groups -OCH3 is 1. The molecule has 0 radical (unpaired) electrons. The summed E-state index contributed by atoms with van der Waals surface area (Å²) in [5, 5.41) is 13.7. The van der Waals surface area contributed by atoms with Crippen LogP contribution >= 0.6 is 0 Å². The van der Waals surface area contributed by atoms with Gasteiger partial charge >= 0.3 is 0 Å². The van der Waals surface area contributed by atoms with Gasteiger partial charge in [-0.1, -0.05) is 0 Å². The highest BCUT2D eigenvalue weighted by molar-refractivity contribution is 7.88. The molecule has 0 unspecified atom stereocenters. The number of nitrogens with one attached hydrogen (secondary N) is 1. The van der Waals surface area contributed by atoms with Gasteiger partial charge in [0.1, 0.15) is 5.75 Å². The fraction of sp³-hybridized carbons (Fsp3) is 0.500. The number of nitro benzene ring substituents is 1. The number of nitro groups is 1. The van der Waals surface area contributed by atoms with Gasteiger partial charge in [0.05, 0.1) is 23.9 Å². The summed E-state index contributed by atoms with van der Waals surface area (Å²) < 4.78 is 29.4. The van der Waals surface area contributed by atoms with E-state index in [0.29, 0.717) is 25.9 Å². The van der Waals surface area contributed by atoms with Crippen molar-refractivity contribution in [1.82, 2.24) is 9.62 Å². The largest absolute Gasteiger partial charge is 0.496 e. The molecule has 24 heavy (non-hydrogen) atoms. The molecule has 9 nitrogen and oxygen atoms in total. The van der Waals surface area contributed by atoms with Crippen LogP contribution in [-0.4, -0.2) is 56.1 Å². The second-order valence-corrected chi connectivity index (χ2v) is 7.53. The minimum absolute atomic E-state index is 0.0808. The smallest absolute Gasteiger partial charge is 0.270 e. The van der Waals surface area contributed by atoms with E-state index in [1.165, 1.54) is 29.6 Å². The Kier molecular flexibility index (Phi) is 5.40. The first-order valence-corrected chi connectivity index (χ1v) is 9.15. The average molecular weight is 357 g/mol. The van der Waals surface area contributed by atoms with E-state index in [2.05, 4.69) is 5.32 Å². The number of benzene rings is 1. The van der Waals surface area contributed by atoms with E-state index in [-0.39, 0.29) is 23.0 Å². The number of sulfonamides is 1. The predicted octanol–water partition coefficient (Wildman–Crippen LogP) is 0.757. The van der Waals surface area contributed by atoms with Crippen molar-refractivity contribution in [3.05, 3.63) is 33.9 Å². The van der Waals surface area contributed by atoms with E-state index < -0.39 is 20.9 Å². The minimum atomic E-state index is -3.23. The van der Waals surface area contributed by atoms with Gasteiger partial charge in [0.15, 0.2) is 0 Å². The molecule has 0 spiro atoms. The standard InChI is InChI=1S/C14H19N3O6S/c1-23-13-4-3-11(17(19)20)9-12(13)14(18)15-10-5-7-16(8-6-10)24(2,21)22/h3-4,9-10H,5-8H2,1-2H3,(H,15,18). The summed E-state index contributed by atoms with van der Waals surface area (Å²) in [7, 11) is -1.85. The number of nitrogens with zero attached hydrogens (tertiary/aromatic N) is 2. The summed E-state index contributed by atoms with van der Waals surface area (Å²) in [5.74, 6) is -0.236. The predicted molar refractivity (Wildman–Crippen MR) is 86.6 cm³/mol. The van der Waals surface area contributed by atoms with E-state index in [1.807, 2.05) is 0 Å². The maximum absolute atomic E-state index is 12.4. The maximum atomic E-state index is 12.4. The molecule has 0 bridgehead atoms. The van der Waals surface area contributed by atoms with Crippen molar-refractivity contribution in [2.24, 2.45) is 0 Å². The van der Waals surface area contributed by atoms with Crippen molar-refractivity contribution in [2.75, 3.05) is 26.5 Å². The molecular weight excluding hydrogens is 338 g/mol. The van der Waals surface area contributed by atoms with Gasteiger partial charge in [0.2, 0.25) is 10.0 Å². The van der Waals surface area contributed by atoms with Gasteiger partial charge in [-0.3, -0.25) is 14.9 Å². The fourth-order valence-corrected chi connectivity index (χ4v) is 3.46. The zero-order valence-corrected chi connectivity index (χ0v) is 14.2. The number of carbonyl (C=O) groups is 1. The zero-order valence-electron chi connectivity index (χ0n) is 13.4. The van der Waals surface area contributed by atoms with Crippen molar-refractivity contribution in [1.29, 1.82) is 0 Å². The fourth-order valence-electron chi connectivity index (χ4n) is 2.58. The van der Waals surface area contributed by atoms with Gasteiger partial charge in [-0.2, -0.15) is 0 Å². The lowest BCUT2D eigenvalue weighted by Gasteiger charge is -2.30. The first-order chi connectivity index (χ1) is 11.2. The van der Waals surface area contributed by atoms with Crippen LogP contribution in [-0.2, 0) is 10.0 Å². The molecule has 0 saturated carbocycles. The molecule has 1 fully saturated rings. The molecule has 1 aromatic rings. The number of hydrogen-bond donors (Lipinski definition) is 1. The van der Waals surface area contributed by atoms with Crippen LogP contribution in [0.2, 0.25) is 0 Å². The molecule has 132 valence electrons. The normalized spacial score (nSPS) is 16.6. The summed E-state index contributed by atoms with van der Waals surface area (Å²) >= 11 is 0. The second-order valence-electron chi connectivity index (χ2n) is 5.55. The van der Waals surface area contributed by atoms with Crippen molar-refractivity contribution in [3.8, 4) is 5.75 Å². The van der Waals surface area contributed by atoms with Gasteiger partial charge in [-0.05, 0) is 18.9 Å². The lowest BCUT2D eigenvalue weighted by atomic mass is 10.1. The molecular formula is C14H19N3O6S. The Labute approximate surface area is 139 Å². The summed E-state index contributed by atoms with van der Waals surface area (Å²) in [6, 6.07) is 3.61. The van der Waals surface area contributed by atoms with Gasteiger partial charge in [-0.15, -0.1) is 0 Å². The molecule has 2 rings (SSSR count). The number of piperidine rings is 1. The molecule has 10 heteroatoms. The number of carbonyl (C=O) groups excluding carboxylic acids is 1. The van der Waals surface area contributed by atoms with E-state index in [4.69, 9.17) is 4.74 Å². The molecule has 0 atom stereocenters. The van der Waals surface area contributed by atoms with Crippen LogP contribution in [0.3, 0.4) is 0 Å². The van der Waals surface area contributed by atoms with Crippen molar-refractivity contribution in [2.45, 2.75) is 18.9 Å². The van der Waals surface area contributed by atoms with Crippen molar-refractivity contribution in [3.63, 3.8) is 0 Å². The minimum Gasteiger partial charge on any atom is -0.496 e. The third kappa shape index (κ3) is 4.20. The molecule has 0 aromatic heterocycles. The lowest BCUT2D eigenvalue weighted by molar-refractivity contribution is -0.384. The molecule has 1 aliphatic heterocycles. The van der Waals surface area contributed by atoms with Crippen LogP contribution in [0.5, 0.6) is 5.75 Å². The van der Waals surface area contributed by atoms with E-state index in [9.17, 15) is 23.3 Å². The Balaban J connectivity index is 2.08. The number of amides is 1. The topological polar surface area (TPSA) is 119 Å². The monoisotopic (exact) mass is 357 g/mol. The van der Waals surface area contributed by atoms with Crippen LogP contribution < -0.4 is 10.1 Å². The number of ether oxygens (including phenoxy) is 1. The molecule has 1 saturated heterocycles. The van der Waals surface area contributed by atoms with E-state index in [0.717, 1.165) is 6.26 Å². The first kappa shape index (κ1) is 18.1.